The van der Waals surface area contributed by atoms with Crippen molar-refractivity contribution in [2.24, 2.45) is 47.3 Å². The van der Waals surface area contributed by atoms with E-state index in [-0.39, 0.29) is 71.0 Å². The Hall–Kier alpha value is -5.50. The summed E-state index contributed by atoms with van der Waals surface area (Å²) in [7, 11) is 0. The number of imide groups is 2. The fraction of sp³-hybridized carbons (Fsp3) is 0.250. The SMILES string of the molecule is O=C1[C@@H]2[C@@H](C(=O)N1c1ccc(-c3cc(-c4ccc(N5C(=O)[C@@H]6[C@H](C5=O)[C@H]5C=C[C@H]6C5)cc4)nc(-c4ccccc4)n3)cc1)[C@H]1C=C[C@H]2C1. The third-order valence-electron chi connectivity index (χ3n) is 11.5. The fourth-order valence-electron chi connectivity index (χ4n) is 9.34. The number of fused-ring (bicyclic) bond motifs is 10. The minimum Gasteiger partial charge on any atom is -0.274 e. The zero-order valence-electron chi connectivity index (χ0n) is 25.8. The quantitative estimate of drug-likeness (QED) is 0.195. The number of amides is 4. The highest BCUT2D eigenvalue weighted by Crippen LogP contribution is 2.54. The van der Waals surface area contributed by atoms with Crippen molar-refractivity contribution < 1.29 is 19.2 Å². The first-order valence-electron chi connectivity index (χ1n) is 16.7. The Bertz CT molecular complexity index is 1930. The summed E-state index contributed by atoms with van der Waals surface area (Å²) in [6.07, 6.45) is 10.2. The first-order chi connectivity index (χ1) is 23.4. The van der Waals surface area contributed by atoms with Gasteiger partial charge in [0.15, 0.2) is 5.82 Å². The third kappa shape index (κ3) is 3.83. The second-order valence-corrected chi connectivity index (χ2v) is 13.9. The van der Waals surface area contributed by atoms with Gasteiger partial charge in [0, 0.05) is 16.7 Å². The Morgan fingerprint density at radius 3 is 1.21 bits per heavy atom. The second-order valence-electron chi connectivity index (χ2n) is 13.9. The average Bonchev–Trinajstić information content (AvgIpc) is 3.98. The topological polar surface area (TPSA) is 101 Å². The molecule has 0 spiro atoms. The van der Waals surface area contributed by atoms with Crippen molar-refractivity contribution in [3.05, 3.63) is 109 Å². The summed E-state index contributed by atoms with van der Waals surface area (Å²) in [6.45, 7) is 0. The van der Waals surface area contributed by atoms with Crippen LogP contribution in [-0.4, -0.2) is 33.6 Å². The maximum absolute atomic E-state index is 13.4. The van der Waals surface area contributed by atoms with Crippen LogP contribution in [0, 0.1) is 47.3 Å². The van der Waals surface area contributed by atoms with Crippen LogP contribution < -0.4 is 9.80 Å². The molecule has 4 amide bonds. The Morgan fingerprint density at radius 2 is 0.833 bits per heavy atom. The predicted molar refractivity (Wildman–Crippen MR) is 179 cm³/mol. The lowest BCUT2D eigenvalue weighted by Gasteiger charge is -2.18. The molecule has 1 aromatic heterocycles. The molecule has 48 heavy (non-hydrogen) atoms. The number of rotatable bonds is 5. The smallest absolute Gasteiger partial charge is 0.238 e. The van der Waals surface area contributed by atoms with E-state index in [0.29, 0.717) is 28.6 Å². The van der Waals surface area contributed by atoms with Gasteiger partial charge in [0.05, 0.1) is 46.4 Å². The van der Waals surface area contributed by atoms with Crippen LogP contribution in [0.25, 0.3) is 33.9 Å². The molecular formula is C40H30N4O4. The molecule has 10 rings (SSSR count). The van der Waals surface area contributed by atoms with Gasteiger partial charge < -0.3 is 0 Å². The summed E-state index contributed by atoms with van der Waals surface area (Å²) in [6, 6.07) is 26.5. The lowest BCUT2D eigenvalue weighted by Crippen LogP contribution is -2.32. The van der Waals surface area contributed by atoms with Gasteiger partial charge in [-0.1, -0.05) is 78.9 Å². The molecule has 0 radical (unpaired) electrons. The van der Waals surface area contributed by atoms with Crippen LogP contribution in [0.5, 0.6) is 0 Å². The van der Waals surface area contributed by atoms with Gasteiger partial charge in [0.2, 0.25) is 23.6 Å². The molecule has 0 N–H and O–H groups in total. The summed E-state index contributed by atoms with van der Waals surface area (Å²) >= 11 is 0. The number of aromatic nitrogens is 2. The van der Waals surface area contributed by atoms with E-state index in [1.165, 1.54) is 9.80 Å². The van der Waals surface area contributed by atoms with E-state index in [4.69, 9.17) is 9.97 Å². The van der Waals surface area contributed by atoms with Crippen molar-refractivity contribution in [2.45, 2.75) is 12.8 Å². The molecule has 2 saturated carbocycles. The molecule has 4 fully saturated rings. The lowest BCUT2D eigenvalue weighted by atomic mass is 9.85. The minimum atomic E-state index is -0.245. The van der Waals surface area contributed by atoms with E-state index in [9.17, 15) is 19.2 Å². The van der Waals surface area contributed by atoms with Gasteiger partial charge in [-0.15, -0.1) is 0 Å². The molecule has 4 aliphatic carbocycles. The summed E-state index contributed by atoms with van der Waals surface area (Å²) in [5, 5.41) is 0. The molecule has 3 aromatic carbocycles. The van der Waals surface area contributed by atoms with Crippen LogP contribution >= 0.6 is 0 Å². The van der Waals surface area contributed by atoms with Crippen LogP contribution in [0.1, 0.15) is 12.8 Å². The molecule has 4 bridgehead atoms. The van der Waals surface area contributed by atoms with Gasteiger partial charge in [-0.05, 0) is 66.8 Å². The largest absolute Gasteiger partial charge is 0.274 e. The first kappa shape index (κ1) is 27.6. The normalized spacial score (nSPS) is 30.7. The van der Waals surface area contributed by atoms with Gasteiger partial charge in [0.1, 0.15) is 0 Å². The number of anilines is 2. The van der Waals surface area contributed by atoms with Crippen molar-refractivity contribution in [1.82, 2.24) is 9.97 Å². The maximum Gasteiger partial charge on any atom is 0.238 e. The van der Waals surface area contributed by atoms with E-state index < -0.39 is 0 Å². The van der Waals surface area contributed by atoms with E-state index in [1.807, 2.05) is 84.9 Å². The van der Waals surface area contributed by atoms with E-state index in [0.717, 1.165) is 29.5 Å². The molecular weight excluding hydrogens is 600 g/mol. The summed E-state index contributed by atoms with van der Waals surface area (Å²) < 4.78 is 0. The zero-order chi connectivity index (χ0) is 32.3. The van der Waals surface area contributed by atoms with Crippen molar-refractivity contribution >= 4 is 35.0 Å². The van der Waals surface area contributed by atoms with Gasteiger partial charge >= 0.3 is 0 Å². The van der Waals surface area contributed by atoms with Crippen molar-refractivity contribution in [2.75, 3.05) is 9.80 Å². The molecule has 2 saturated heterocycles. The third-order valence-corrected chi connectivity index (χ3v) is 11.5. The highest BCUT2D eigenvalue weighted by molar-refractivity contribution is 6.23. The number of allylic oxidation sites excluding steroid dienone is 4. The second kappa shape index (κ2) is 10.0. The number of nitrogens with zero attached hydrogens (tertiary/aromatic N) is 4. The van der Waals surface area contributed by atoms with E-state index in [1.54, 1.807) is 0 Å². The Kier molecular flexibility index (Phi) is 5.75. The number of hydrogen-bond donors (Lipinski definition) is 0. The molecule has 8 atom stereocenters. The first-order valence-corrected chi connectivity index (χ1v) is 16.7. The number of hydrogen-bond acceptors (Lipinski definition) is 6. The van der Waals surface area contributed by atoms with E-state index in [2.05, 4.69) is 24.3 Å². The van der Waals surface area contributed by atoms with Crippen molar-refractivity contribution in [1.29, 1.82) is 0 Å². The van der Waals surface area contributed by atoms with Crippen molar-refractivity contribution in [3.63, 3.8) is 0 Å². The highest BCUT2D eigenvalue weighted by Gasteiger charge is 2.60. The fourth-order valence-corrected chi connectivity index (χ4v) is 9.34. The molecule has 2 aliphatic heterocycles. The van der Waals surface area contributed by atoms with E-state index >= 15 is 0 Å². The van der Waals surface area contributed by atoms with Crippen LogP contribution in [0.2, 0.25) is 0 Å². The minimum absolute atomic E-state index is 0.0988. The molecule has 6 aliphatic rings. The van der Waals surface area contributed by atoms with Crippen LogP contribution in [0.15, 0.2) is 109 Å². The van der Waals surface area contributed by atoms with Crippen LogP contribution in [0.4, 0.5) is 11.4 Å². The number of benzene rings is 3. The lowest BCUT2D eigenvalue weighted by molar-refractivity contribution is -0.124. The van der Waals surface area contributed by atoms with Gasteiger partial charge in [-0.3, -0.25) is 29.0 Å². The van der Waals surface area contributed by atoms with Crippen LogP contribution in [0.3, 0.4) is 0 Å². The Morgan fingerprint density at radius 1 is 0.458 bits per heavy atom. The van der Waals surface area contributed by atoms with Gasteiger partial charge in [-0.2, -0.15) is 0 Å². The standard InChI is InChI=1S/C40H30N4O4/c45-37-32-24-6-7-25(18-24)33(32)38(46)43(37)28-14-10-21(11-15-28)30-20-31(42-36(41-30)23-4-2-1-3-5-23)22-12-16-29(17-13-22)44-39(47)34-26-8-9-27(19-26)35(34)40(44)48/h1-17,20,24-27,32-35H,18-19H2/t24-,25-,26-,27-,32-,33-,34-,35+/m0/s1. The predicted octanol–water partition coefficient (Wildman–Crippen LogP) is 6.10. The summed E-state index contributed by atoms with van der Waals surface area (Å²) in [5.41, 5.74) is 5.03. The molecule has 3 heterocycles. The van der Waals surface area contributed by atoms with Gasteiger partial charge in [-0.25, -0.2) is 9.97 Å². The van der Waals surface area contributed by atoms with Gasteiger partial charge in [0.25, 0.3) is 0 Å². The Labute approximate surface area is 276 Å². The zero-order valence-corrected chi connectivity index (χ0v) is 25.8. The van der Waals surface area contributed by atoms with Crippen LogP contribution in [-0.2, 0) is 19.2 Å². The number of carbonyl (C=O) groups is 4. The maximum atomic E-state index is 13.4. The molecule has 234 valence electrons. The molecule has 8 nitrogen and oxygen atoms in total. The number of carbonyl (C=O) groups excluding carboxylic acids is 4. The molecule has 8 heteroatoms. The molecule has 4 aromatic rings. The monoisotopic (exact) mass is 630 g/mol. The molecule has 0 unspecified atom stereocenters. The average molecular weight is 631 g/mol. The Balaban J connectivity index is 0.972. The van der Waals surface area contributed by atoms with Crippen molar-refractivity contribution in [3.8, 4) is 33.9 Å². The summed E-state index contributed by atoms with van der Waals surface area (Å²) in [5.74, 6) is -0.179. The highest BCUT2D eigenvalue weighted by atomic mass is 16.2. The summed E-state index contributed by atoms with van der Waals surface area (Å²) in [4.78, 5) is 66.1.